The number of halogens is 1. The van der Waals surface area contributed by atoms with E-state index in [1.165, 1.54) is 0 Å². The highest BCUT2D eigenvalue weighted by Gasteiger charge is 2.15. The molecule has 0 aliphatic rings. The summed E-state index contributed by atoms with van der Waals surface area (Å²) in [5.41, 5.74) is 8.89. The summed E-state index contributed by atoms with van der Waals surface area (Å²) in [6.45, 7) is 1.36. The number of para-hydroxylation sites is 2. The van der Waals surface area contributed by atoms with E-state index in [4.69, 9.17) is 10.7 Å². The third-order valence-electron chi connectivity index (χ3n) is 3.92. The Hall–Kier alpha value is -2.18. The number of nitrogens with two attached hydrogens (primary N) is 1. The van der Waals surface area contributed by atoms with E-state index in [0.29, 0.717) is 23.3 Å². The first kappa shape index (κ1) is 16.7. The van der Waals surface area contributed by atoms with E-state index in [9.17, 15) is 4.79 Å². The summed E-state index contributed by atoms with van der Waals surface area (Å²) in [5, 5.41) is 4.60. The van der Waals surface area contributed by atoms with Crippen LogP contribution >= 0.6 is 15.9 Å². The zero-order valence-corrected chi connectivity index (χ0v) is 15.2. The second-order valence-corrected chi connectivity index (χ2v) is 6.78. The zero-order valence-electron chi connectivity index (χ0n) is 13.6. The number of anilines is 1. The molecular weight excluding hydrogens is 368 g/mol. The highest BCUT2D eigenvalue weighted by Crippen LogP contribution is 2.33. The maximum atomic E-state index is 12.6. The van der Waals surface area contributed by atoms with Crippen LogP contribution in [0.3, 0.4) is 0 Å². The molecule has 1 heterocycles. The number of nitrogens with zero attached hydrogens (tertiary/aromatic N) is 2. The second-order valence-electron chi connectivity index (χ2n) is 5.92. The first-order valence-corrected chi connectivity index (χ1v) is 8.47. The molecule has 6 heteroatoms. The van der Waals surface area contributed by atoms with Gasteiger partial charge in [0.1, 0.15) is 0 Å². The molecular formula is C18H19BrN4O. The normalized spacial score (nSPS) is 11.3. The van der Waals surface area contributed by atoms with Crippen LogP contribution in [0.4, 0.5) is 5.69 Å². The van der Waals surface area contributed by atoms with E-state index >= 15 is 0 Å². The van der Waals surface area contributed by atoms with Crippen molar-refractivity contribution in [1.82, 2.24) is 15.2 Å². The molecule has 3 aromatic rings. The van der Waals surface area contributed by atoms with Crippen LogP contribution in [0.15, 0.2) is 40.9 Å². The van der Waals surface area contributed by atoms with Crippen molar-refractivity contribution in [2.75, 3.05) is 32.9 Å². The van der Waals surface area contributed by atoms with Gasteiger partial charge in [-0.25, -0.2) is 4.98 Å². The van der Waals surface area contributed by atoms with Crippen molar-refractivity contribution in [3.8, 4) is 0 Å². The number of amides is 1. The predicted octanol–water partition coefficient (Wildman–Crippen LogP) is 3.02. The molecule has 2 aromatic carbocycles. The fraction of sp³-hybridized carbons (Fsp3) is 0.222. The fourth-order valence-corrected chi connectivity index (χ4v) is 3.11. The summed E-state index contributed by atoms with van der Waals surface area (Å²) in [6.07, 6.45) is 0. The Kier molecular flexibility index (Phi) is 4.69. The van der Waals surface area contributed by atoms with Crippen molar-refractivity contribution >= 4 is 49.3 Å². The molecule has 1 aromatic heterocycles. The Bertz CT molecular complexity index is 924. The first-order valence-electron chi connectivity index (χ1n) is 7.68. The van der Waals surface area contributed by atoms with Gasteiger partial charge in [-0.3, -0.25) is 4.79 Å². The lowest BCUT2D eigenvalue weighted by molar-refractivity contribution is 0.0952. The number of likely N-dealkylation sites (N-methyl/N-ethyl adjacent to an activating group) is 1. The number of fused-ring (bicyclic) bond motifs is 2. The molecule has 3 N–H and O–H groups in total. The molecule has 0 saturated heterocycles. The van der Waals surface area contributed by atoms with Gasteiger partial charge in [0, 0.05) is 28.3 Å². The van der Waals surface area contributed by atoms with Crippen molar-refractivity contribution in [3.63, 3.8) is 0 Å². The third kappa shape index (κ3) is 3.07. The smallest absolute Gasteiger partial charge is 0.253 e. The SMILES string of the molecule is CN(C)CCNC(=O)c1cccc2c(N)c3cccc(Br)c3nc12. The van der Waals surface area contributed by atoms with Crippen LogP contribution in [0.1, 0.15) is 10.4 Å². The summed E-state index contributed by atoms with van der Waals surface area (Å²) < 4.78 is 0.858. The average molecular weight is 387 g/mol. The maximum absolute atomic E-state index is 12.6. The lowest BCUT2D eigenvalue weighted by Crippen LogP contribution is -2.31. The van der Waals surface area contributed by atoms with Crippen LogP contribution in [0.5, 0.6) is 0 Å². The van der Waals surface area contributed by atoms with E-state index in [-0.39, 0.29) is 5.91 Å². The third-order valence-corrected chi connectivity index (χ3v) is 4.56. The van der Waals surface area contributed by atoms with Crippen LogP contribution in [0.2, 0.25) is 0 Å². The monoisotopic (exact) mass is 386 g/mol. The van der Waals surface area contributed by atoms with Crippen LogP contribution < -0.4 is 11.1 Å². The lowest BCUT2D eigenvalue weighted by Gasteiger charge is -2.13. The highest BCUT2D eigenvalue weighted by atomic mass is 79.9. The minimum Gasteiger partial charge on any atom is -0.398 e. The number of pyridine rings is 1. The van der Waals surface area contributed by atoms with Crippen LogP contribution in [-0.4, -0.2) is 43.0 Å². The largest absolute Gasteiger partial charge is 0.398 e. The Morgan fingerprint density at radius 2 is 1.83 bits per heavy atom. The van der Waals surface area contributed by atoms with E-state index in [1.54, 1.807) is 6.07 Å². The molecule has 1 amide bonds. The fourth-order valence-electron chi connectivity index (χ4n) is 2.66. The Labute approximate surface area is 149 Å². The minimum atomic E-state index is -0.138. The van der Waals surface area contributed by atoms with Gasteiger partial charge in [-0.05, 0) is 42.2 Å². The van der Waals surface area contributed by atoms with Crippen LogP contribution in [0.25, 0.3) is 21.8 Å². The molecule has 0 fully saturated rings. The second kappa shape index (κ2) is 6.75. The van der Waals surface area contributed by atoms with Crippen molar-refractivity contribution in [3.05, 3.63) is 46.4 Å². The molecule has 0 radical (unpaired) electrons. The van der Waals surface area contributed by atoms with Crippen molar-refractivity contribution in [2.45, 2.75) is 0 Å². The van der Waals surface area contributed by atoms with Gasteiger partial charge < -0.3 is 16.0 Å². The molecule has 5 nitrogen and oxygen atoms in total. The summed E-state index contributed by atoms with van der Waals surface area (Å²) in [4.78, 5) is 19.3. The molecule has 0 saturated carbocycles. The van der Waals surface area contributed by atoms with E-state index in [0.717, 1.165) is 27.3 Å². The molecule has 0 bridgehead atoms. The summed E-state index contributed by atoms with van der Waals surface area (Å²) in [5.74, 6) is -0.138. The number of nitrogen functional groups attached to an aromatic ring is 1. The van der Waals surface area contributed by atoms with Crippen LogP contribution in [-0.2, 0) is 0 Å². The maximum Gasteiger partial charge on any atom is 0.253 e. The van der Waals surface area contributed by atoms with Crippen molar-refractivity contribution < 1.29 is 4.79 Å². The minimum absolute atomic E-state index is 0.138. The Morgan fingerprint density at radius 3 is 2.54 bits per heavy atom. The Morgan fingerprint density at radius 1 is 1.17 bits per heavy atom. The number of benzene rings is 2. The number of hydrogen-bond donors (Lipinski definition) is 2. The number of carbonyl (C=O) groups is 1. The van der Waals surface area contributed by atoms with E-state index < -0.39 is 0 Å². The molecule has 0 unspecified atom stereocenters. The number of carbonyl (C=O) groups excluding carboxylic acids is 1. The van der Waals surface area contributed by atoms with Gasteiger partial charge in [0.25, 0.3) is 5.91 Å². The summed E-state index contributed by atoms with van der Waals surface area (Å²) in [6, 6.07) is 11.3. The lowest BCUT2D eigenvalue weighted by atomic mass is 10.0. The summed E-state index contributed by atoms with van der Waals surface area (Å²) in [7, 11) is 3.94. The summed E-state index contributed by atoms with van der Waals surface area (Å²) >= 11 is 3.51. The van der Waals surface area contributed by atoms with Gasteiger partial charge in [0.05, 0.1) is 22.3 Å². The molecule has 124 valence electrons. The quantitative estimate of drug-likeness (QED) is 0.676. The molecule has 24 heavy (non-hydrogen) atoms. The van der Waals surface area contributed by atoms with Crippen LogP contribution in [0, 0.1) is 0 Å². The number of aromatic nitrogens is 1. The topological polar surface area (TPSA) is 71.2 Å². The van der Waals surface area contributed by atoms with Gasteiger partial charge in [-0.15, -0.1) is 0 Å². The number of rotatable bonds is 4. The standard InChI is InChI=1S/C18H19BrN4O/c1-23(2)10-9-21-18(24)13-7-3-5-11-15(20)12-6-4-8-14(19)17(12)22-16(11)13/h3-8H,9-10H2,1-2H3,(H2,20,22)(H,21,24). The first-order chi connectivity index (χ1) is 11.5. The van der Waals surface area contributed by atoms with E-state index in [2.05, 4.69) is 21.2 Å². The molecule has 0 spiro atoms. The predicted molar refractivity (Wildman–Crippen MR) is 102 cm³/mol. The average Bonchev–Trinajstić information content (AvgIpc) is 2.55. The molecule has 0 aliphatic carbocycles. The zero-order chi connectivity index (χ0) is 17.3. The van der Waals surface area contributed by atoms with Gasteiger partial charge in [-0.2, -0.15) is 0 Å². The van der Waals surface area contributed by atoms with Gasteiger partial charge in [-0.1, -0.05) is 24.3 Å². The number of nitrogens with one attached hydrogen (secondary N) is 1. The molecule has 0 aliphatic heterocycles. The highest BCUT2D eigenvalue weighted by molar-refractivity contribution is 9.10. The van der Waals surface area contributed by atoms with Crippen molar-refractivity contribution in [1.29, 1.82) is 0 Å². The molecule has 0 atom stereocenters. The molecule has 3 rings (SSSR count). The number of hydrogen-bond acceptors (Lipinski definition) is 4. The van der Waals surface area contributed by atoms with Crippen molar-refractivity contribution in [2.24, 2.45) is 0 Å². The Balaban J connectivity index is 2.11. The van der Waals surface area contributed by atoms with E-state index in [1.807, 2.05) is 49.3 Å². The van der Waals surface area contributed by atoms with Gasteiger partial charge in [0.2, 0.25) is 0 Å². The van der Waals surface area contributed by atoms with Gasteiger partial charge >= 0.3 is 0 Å². The van der Waals surface area contributed by atoms with Gasteiger partial charge in [0.15, 0.2) is 0 Å².